The number of carbonyl (C=O) groups excluding carboxylic acids is 1. The van der Waals surface area contributed by atoms with Crippen molar-refractivity contribution in [2.75, 3.05) is 13.1 Å². The van der Waals surface area contributed by atoms with Crippen LogP contribution in [-0.2, 0) is 9.53 Å². The Balaban J connectivity index is 2.38. The van der Waals surface area contributed by atoms with E-state index >= 15 is 0 Å². The maximum absolute atomic E-state index is 11.7. The third kappa shape index (κ3) is 3.29. The van der Waals surface area contributed by atoms with Crippen LogP contribution >= 0.6 is 0 Å². The van der Waals surface area contributed by atoms with Gasteiger partial charge >= 0.3 is 0 Å². The van der Waals surface area contributed by atoms with Crippen molar-refractivity contribution in [2.45, 2.75) is 52.2 Å². The molecule has 0 aromatic carbocycles. The summed E-state index contributed by atoms with van der Waals surface area (Å²) in [6, 6.07) is 0. The van der Waals surface area contributed by atoms with E-state index in [2.05, 4.69) is 6.92 Å². The van der Waals surface area contributed by atoms with Crippen LogP contribution in [0.15, 0.2) is 0 Å². The molecular weight excluding hydrogens is 178 g/mol. The van der Waals surface area contributed by atoms with Crippen molar-refractivity contribution >= 4 is 5.91 Å². The molecule has 3 heteroatoms. The first-order chi connectivity index (χ1) is 6.63. The van der Waals surface area contributed by atoms with E-state index in [1.807, 2.05) is 18.7 Å². The van der Waals surface area contributed by atoms with Crippen molar-refractivity contribution in [3.05, 3.63) is 0 Å². The highest BCUT2D eigenvalue weighted by Crippen LogP contribution is 2.12. The Kier molecular flexibility index (Phi) is 4.39. The molecule has 0 saturated carbocycles. The van der Waals surface area contributed by atoms with Gasteiger partial charge in [-0.15, -0.1) is 0 Å². The van der Waals surface area contributed by atoms with Gasteiger partial charge in [-0.3, -0.25) is 4.79 Å². The van der Waals surface area contributed by atoms with Crippen LogP contribution in [0.25, 0.3) is 0 Å². The van der Waals surface area contributed by atoms with Crippen LogP contribution in [0.2, 0.25) is 0 Å². The highest BCUT2D eigenvalue weighted by atomic mass is 16.5. The molecule has 1 fully saturated rings. The molecule has 1 rings (SSSR count). The van der Waals surface area contributed by atoms with Gasteiger partial charge < -0.3 is 9.64 Å². The summed E-state index contributed by atoms with van der Waals surface area (Å²) in [4.78, 5) is 13.7. The summed E-state index contributed by atoms with van der Waals surface area (Å²) in [6.45, 7) is 7.67. The summed E-state index contributed by atoms with van der Waals surface area (Å²) in [5, 5.41) is 0. The standard InChI is InChI=1S/C11H21NO2/c1-4-5-6-11(13)12-7-9(2)14-10(3)8-12/h9-10H,4-8H2,1-3H3/t9-,10-/m1/s1. The fraction of sp³-hybridized carbons (Fsp3) is 0.909. The first kappa shape index (κ1) is 11.5. The average molecular weight is 199 g/mol. The number of hydrogen-bond donors (Lipinski definition) is 0. The number of hydrogen-bond acceptors (Lipinski definition) is 2. The molecule has 0 spiro atoms. The lowest BCUT2D eigenvalue weighted by atomic mass is 10.2. The van der Waals surface area contributed by atoms with Crippen LogP contribution in [-0.4, -0.2) is 36.1 Å². The molecule has 0 radical (unpaired) electrons. The quantitative estimate of drug-likeness (QED) is 0.694. The first-order valence-corrected chi connectivity index (χ1v) is 5.56. The van der Waals surface area contributed by atoms with Gasteiger partial charge in [-0.1, -0.05) is 13.3 Å². The number of unbranched alkanes of at least 4 members (excludes halogenated alkanes) is 1. The summed E-state index contributed by atoms with van der Waals surface area (Å²) >= 11 is 0. The second-order valence-corrected chi connectivity index (χ2v) is 4.16. The van der Waals surface area contributed by atoms with E-state index in [4.69, 9.17) is 4.74 Å². The molecule has 0 aliphatic carbocycles. The van der Waals surface area contributed by atoms with Crippen molar-refractivity contribution in [3.63, 3.8) is 0 Å². The van der Waals surface area contributed by atoms with Crippen LogP contribution in [0.1, 0.15) is 40.0 Å². The number of morpholine rings is 1. The normalized spacial score (nSPS) is 27.8. The number of ether oxygens (including phenoxy) is 1. The van der Waals surface area contributed by atoms with E-state index < -0.39 is 0 Å². The largest absolute Gasteiger partial charge is 0.372 e. The van der Waals surface area contributed by atoms with Gasteiger partial charge in [0.05, 0.1) is 12.2 Å². The van der Waals surface area contributed by atoms with E-state index in [-0.39, 0.29) is 18.1 Å². The fourth-order valence-electron chi connectivity index (χ4n) is 1.87. The molecule has 1 amide bonds. The van der Waals surface area contributed by atoms with Gasteiger partial charge in [0.15, 0.2) is 0 Å². The van der Waals surface area contributed by atoms with Crippen LogP contribution in [0.4, 0.5) is 0 Å². The molecule has 1 heterocycles. The number of nitrogens with zero attached hydrogens (tertiary/aromatic N) is 1. The van der Waals surface area contributed by atoms with Crippen LogP contribution in [0.5, 0.6) is 0 Å². The summed E-state index contributed by atoms with van der Waals surface area (Å²) in [5.41, 5.74) is 0. The lowest BCUT2D eigenvalue weighted by Gasteiger charge is -2.35. The summed E-state index contributed by atoms with van der Waals surface area (Å²) in [5.74, 6) is 0.286. The highest BCUT2D eigenvalue weighted by Gasteiger charge is 2.24. The summed E-state index contributed by atoms with van der Waals surface area (Å²) < 4.78 is 5.58. The maximum atomic E-state index is 11.7. The molecule has 0 bridgehead atoms. The Morgan fingerprint density at radius 3 is 2.43 bits per heavy atom. The van der Waals surface area contributed by atoms with Gasteiger partial charge in [0.1, 0.15) is 0 Å². The Morgan fingerprint density at radius 2 is 1.93 bits per heavy atom. The van der Waals surface area contributed by atoms with E-state index in [0.717, 1.165) is 25.9 Å². The van der Waals surface area contributed by atoms with Gasteiger partial charge in [-0.25, -0.2) is 0 Å². The van der Waals surface area contributed by atoms with E-state index in [1.165, 1.54) is 0 Å². The zero-order valence-corrected chi connectivity index (χ0v) is 9.45. The van der Waals surface area contributed by atoms with Crippen molar-refractivity contribution in [1.29, 1.82) is 0 Å². The molecule has 1 aliphatic rings. The second kappa shape index (κ2) is 5.35. The predicted molar refractivity (Wildman–Crippen MR) is 56.1 cm³/mol. The lowest BCUT2D eigenvalue weighted by molar-refractivity contribution is -0.143. The Hall–Kier alpha value is -0.570. The van der Waals surface area contributed by atoms with Crippen molar-refractivity contribution in [3.8, 4) is 0 Å². The summed E-state index contributed by atoms with van der Waals surface area (Å²) in [6.07, 6.45) is 3.14. The minimum Gasteiger partial charge on any atom is -0.372 e. The minimum absolute atomic E-state index is 0.185. The number of amides is 1. The zero-order valence-electron chi connectivity index (χ0n) is 9.45. The zero-order chi connectivity index (χ0) is 10.6. The molecule has 0 aromatic rings. The number of carbonyl (C=O) groups is 1. The number of rotatable bonds is 3. The SMILES string of the molecule is CCCCC(=O)N1C[C@@H](C)O[C@H](C)C1. The van der Waals surface area contributed by atoms with Gasteiger partial charge in [-0.2, -0.15) is 0 Å². The molecule has 1 aliphatic heterocycles. The van der Waals surface area contributed by atoms with Crippen LogP contribution < -0.4 is 0 Å². The molecule has 82 valence electrons. The van der Waals surface area contributed by atoms with E-state index in [9.17, 15) is 4.79 Å². The molecule has 0 aromatic heterocycles. The lowest BCUT2D eigenvalue weighted by Crippen LogP contribution is -2.48. The minimum atomic E-state index is 0.185. The fourth-order valence-corrected chi connectivity index (χ4v) is 1.87. The smallest absolute Gasteiger partial charge is 0.222 e. The molecular formula is C11H21NO2. The maximum Gasteiger partial charge on any atom is 0.222 e. The Bertz CT molecular complexity index is 184. The Labute approximate surface area is 86.4 Å². The topological polar surface area (TPSA) is 29.5 Å². The van der Waals surface area contributed by atoms with Crippen molar-refractivity contribution < 1.29 is 9.53 Å². The molecule has 0 N–H and O–H groups in total. The van der Waals surface area contributed by atoms with Gasteiger partial charge in [-0.05, 0) is 20.3 Å². The van der Waals surface area contributed by atoms with Gasteiger partial charge in [0.25, 0.3) is 0 Å². The molecule has 2 atom stereocenters. The van der Waals surface area contributed by atoms with Crippen LogP contribution in [0, 0.1) is 0 Å². The second-order valence-electron chi connectivity index (χ2n) is 4.16. The third-order valence-corrected chi connectivity index (χ3v) is 2.52. The first-order valence-electron chi connectivity index (χ1n) is 5.56. The third-order valence-electron chi connectivity index (χ3n) is 2.52. The molecule has 1 saturated heterocycles. The van der Waals surface area contributed by atoms with Crippen LogP contribution in [0.3, 0.4) is 0 Å². The van der Waals surface area contributed by atoms with E-state index in [0.29, 0.717) is 6.42 Å². The van der Waals surface area contributed by atoms with Crippen molar-refractivity contribution in [1.82, 2.24) is 4.90 Å². The Morgan fingerprint density at radius 1 is 1.36 bits per heavy atom. The predicted octanol–water partition coefficient (Wildman–Crippen LogP) is 1.81. The molecule has 0 unspecified atom stereocenters. The monoisotopic (exact) mass is 199 g/mol. The van der Waals surface area contributed by atoms with E-state index in [1.54, 1.807) is 0 Å². The summed E-state index contributed by atoms with van der Waals surface area (Å²) in [7, 11) is 0. The highest BCUT2D eigenvalue weighted by molar-refractivity contribution is 5.76. The average Bonchev–Trinajstić information content (AvgIpc) is 2.12. The van der Waals surface area contributed by atoms with Gasteiger partial charge in [0.2, 0.25) is 5.91 Å². The molecule has 3 nitrogen and oxygen atoms in total. The molecule has 14 heavy (non-hydrogen) atoms. The van der Waals surface area contributed by atoms with Gasteiger partial charge in [0, 0.05) is 19.5 Å². The van der Waals surface area contributed by atoms with Crippen molar-refractivity contribution in [2.24, 2.45) is 0 Å².